The lowest BCUT2D eigenvalue weighted by Gasteiger charge is -2.20. The number of sulfonamides is 1. The maximum atomic E-state index is 12.6. The molecular formula is C25H33N3O3S. The van der Waals surface area contributed by atoms with E-state index in [0.717, 1.165) is 57.3 Å². The summed E-state index contributed by atoms with van der Waals surface area (Å²) in [6.45, 7) is 4.36. The van der Waals surface area contributed by atoms with Crippen molar-refractivity contribution in [2.45, 2.75) is 58.4 Å². The van der Waals surface area contributed by atoms with E-state index in [0.29, 0.717) is 13.0 Å². The van der Waals surface area contributed by atoms with E-state index in [1.807, 2.05) is 18.2 Å². The summed E-state index contributed by atoms with van der Waals surface area (Å²) in [4.78, 5) is 14.8. The number of nitrogens with one attached hydrogen (secondary N) is 2. The minimum absolute atomic E-state index is 0.0727. The maximum absolute atomic E-state index is 12.6. The van der Waals surface area contributed by atoms with Crippen LogP contribution in [0.5, 0.6) is 0 Å². The highest BCUT2D eigenvalue weighted by atomic mass is 32.2. The molecule has 2 aliphatic rings. The Morgan fingerprint density at radius 3 is 2.28 bits per heavy atom. The molecular weight excluding hydrogens is 422 g/mol. The number of aryl methyl sites for hydroxylation is 2. The molecule has 0 fully saturated rings. The van der Waals surface area contributed by atoms with Crippen molar-refractivity contribution in [2.24, 2.45) is 0 Å². The largest absolute Gasteiger partial charge is 0.332 e. The first-order chi connectivity index (χ1) is 15.4. The first-order valence-corrected chi connectivity index (χ1v) is 13.3. The second-order valence-electron chi connectivity index (χ2n) is 8.82. The fourth-order valence-corrected chi connectivity index (χ4v) is 5.91. The van der Waals surface area contributed by atoms with Gasteiger partial charge in [-0.2, -0.15) is 0 Å². The second-order valence-corrected chi connectivity index (χ2v) is 10.7. The van der Waals surface area contributed by atoms with Crippen LogP contribution < -0.4 is 10.0 Å². The monoisotopic (exact) mass is 455 g/mol. The van der Waals surface area contributed by atoms with Crippen molar-refractivity contribution in [2.75, 3.05) is 24.2 Å². The molecule has 2 amide bonds. The number of anilines is 1. The van der Waals surface area contributed by atoms with Gasteiger partial charge in [-0.15, -0.1) is 0 Å². The van der Waals surface area contributed by atoms with Crippen molar-refractivity contribution in [3.8, 4) is 0 Å². The van der Waals surface area contributed by atoms with E-state index in [9.17, 15) is 13.2 Å². The quantitative estimate of drug-likeness (QED) is 0.598. The van der Waals surface area contributed by atoms with Crippen LogP contribution in [0.2, 0.25) is 0 Å². The van der Waals surface area contributed by atoms with Crippen molar-refractivity contribution < 1.29 is 13.2 Å². The third-order valence-corrected chi connectivity index (χ3v) is 7.87. The number of rotatable bonds is 9. The molecule has 0 heterocycles. The molecule has 0 atom stereocenters. The molecule has 0 saturated carbocycles. The van der Waals surface area contributed by atoms with Gasteiger partial charge in [0, 0.05) is 12.2 Å². The molecule has 4 rings (SSSR count). The van der Waals surface area contributed by atoms with Crippen LogP contribution in [0.15, 0.2) is 36.4 Å². The predicted molar refractivity (Wildman–Crippen MR) is 128 cm³/mol. The second kappa shape index (κ2) is 10.0. The van der Waals surface area contributed by atoms with Gasteiger partial charge in [0.15, 0.2) is 0 Å². The van der Waals surface area contributed by atoms with Gasteiger partial charge in [-0.3, -0.25) is 4.90 Å². The third kappa shape index (κ3) is 5.51. The summed E-state index contributed by atoms with van der Waals surface area (Å²) < 4.78 is 27.3. The SMILES string of the molecule is CCN(CCCS(=O)(=O)NC(=O)Nc1c2c(cc3c1CCC3)CCC2)Cc1ccccc1. The zero-order chi connectivity index (χ0) is 22.6. The van der Waals surface area contributed by atoms with Crippen LogP contribution in [0, 0.1) is 0 Å². The first-order valence-electron chi connectivity index (χ1n) is 11.7. The Balaban J connectivity index is 1.32. The summed E-state index contributed by atoms with van der Waals surface area (Å²) in [6.07, 6.45) is 6.60. The van der Waals surface area contributed by atoms with E-state index in [-0.39, 0.29) is 5.75 Å². The van der Waals surface area contributed by atoms with E-state index >= 15 is 0 Å². The fraction of sp³-hybridized carbons (Fsp3) is 0.480. The number of hydrogen-bond acceptors (Lipinski definition) is 4. The Bertz CT molecular complexity index is 1040. The molecule has 6 nitrogen and oxygen atoms in total. The van der Waals surface area contributed by atoms with Crippen molar-refractivity contribution in [3.63, 3.8) is 0 Å². The Labute approximate surface area is 191 Å². The highest BCUT2D eigenvalue weighted by Gasteiger charge is 2.26. The van der Waals surface area contributed by atoms with Gasteiger partial charge in [-0.05, 0) is 85.9 Å². The minimum Gasteiger partial charge on any atom is -0.307 e. The summed E-state index contributed by atoms with van der Waals surface area (Å²) in [7, 11) is -3.69. The number of nitrogens with zero attached hydrogens (tertiary/aromatic N) is 1. The highest BCUT2D eigenvalue weighted by molar-refractivity contribution is 7.90. The van der Waals surface area contributed by atoms with E-state index in [2.05, 4.69) is 40.1 Å². The summed E-state index contributed by atoms with van der Waals surface area (Å²) in [5.74, 6) is -0.0727. The van der Waals surface area contributed by atoms with E-state index in [1.165, 1.54) is 27.8 Å². The van der Waals surface area contributed by atoms with Crippen molar-refractivity contribution in [1.29, 1.82) is 0 Å². The Morgan fingerprint density at radius 2 is 1.66 bits per heavy atom. The fourth-order valence-electron chi connectivity index (χ4n) is 4.97. The lowest BCUT2D eigenvalue weighted by molar-refractivity contribution is 0.256. The van der Waals surface area contributed by atoms with Crippen LogP contribution in [0.25, 0.3) is 0 Å². The maximum Gasteiger partial charge on any atom is 0.332 e. The van der Waals surface area contributed by atoms with Crippen LogP contribution in [-0.2, 0) is 42.3 Å². The van der Waals surface area contributed by atoms with Gasteiger partial charge in [0.2, 0.25) is 10.0 Å². The summed E-state index contributed by atoms with van der Waals surface area (Å²) >= 11 is 0. The molecule has 0 bridgehead atoms. The molecule has 0 unspecified atom stereocenters. The van der Waals surface area contributed by atoms with Gasteiger partial charge in [-0.25, -0.2) is 17.9 Å². The smallest absolute Gasteiger partial charge is 0.307 e. The number of fused-ring (bicyclic) bond motifs is 2. The van der Waals surface area contributed by atoms with Gasteiger partial charge in [-0.1, -0.05) is 43.3 Å². The summed E-state index contributed by atoms with van der Waals surface area (Å²) in [6, 6.07) is 11.8. The molecule has 172 valence electrons. The average Bonchev–Trinajstić information content (AvgIpc) is 3.42. The van der Waals surface area contributed by atoms with Gasteiger partial charge in [0.25, 0.3) is 0 Å². The molecule has 7 heteroatoms. The van der Waals surface area contributed by atoms with Gasteiger partial charge in [0.05, 0.1) is 5.75 Å². The first kappa shape index (κ1) is 22.8. The molecule has 2 aliphatic carbocycles. The molecule has 0 spiro atoms. The van der Waals surface area contributed by atoms with Crippen molar-refractivity contribution in [1.82, 2.24) is 9.62 Å². The Morgan fingerprint density at radius 1 is 1.00 bits per heavy atom. The standard InChI is InChI=1S/C25H33N3O3S/c1-2-28(18-19-9-4-3-5-10-19)15-8-16-32(30,31)27-25(29)26-24-22-13-6-11-20(22)17-21-12-7-14-23(21)24/h3-5,9-10,17H,2,6-8,11-16,18H2,1H3,(H2,26,27,29). The number of hydrogen-bond donors (Lipinski definition) is 2. The van der Waals surface area contributed by atoms with Crippen LogP contribution in [0.1, 0.15) is 54.0 Å². The van der Waals surface area contributed by atoms with E-state index < -0.39 is 16.1 Å². The summed E-state index contributed by atoms with van der Waals surface area (Å²) in [5.41, 5.74) is 7.07. The Kier molecular flexibility index (Phi) is 7.16. The molecule has 0 aliphatic heterocycles. The molecule has 0 radical (unpaired) electrons. The predicted octanol–water partition coefficient (Wildman–Crippen LogP) is 4.03. The van der Waals surface area contributed by atoms with Gasteiger partial charge < -0.3 is 5.32 Å². The number of carbonyl (C=O) groups is 1. The van der Waals surface area contributed by atoms with E-state index in [4.69, 9.17) is 0 Å². The zero-order valence-corrected chi connectivity index (χ0v) is 19.6. The molecule has 2 aromatic carbocycles. The van der Waals surface area contributed by atoms with E-state index in [1.54, 1.807) is 0 Å². The molecule has 0 aromatic heterocycles. The summed E-state index contributed by atoms with van der Waals surface area (Å²) in [5, 5.41) is 2.90. The normalized spacial score (nSPS) is 14.9. The van der Waals surface area contributed by atoms with Crippen LogP contribution in [0.4, 0.5) is 10.5 Å². The minimum atomic E-state index is -3.69. The zero-order valence-electron chi connectivity index (χ0n) is 18.8. The van der Waals surface area contributed by atoms with Crippen LogP contribution in [0.3, 0.4) is 0 Å². The van der Waals surface area contributed by atoms with Crippen molar-refractivity contribution in [3.05, 3.63) is 64.2 Å². The van der Waals surface area contributed by atoms with Crippen LogP contribution >= 0.6 is 0 Å². The lowest BCUT2D eigenvalue weighted by Crippen LogP contribution is -2.37. The van der Waals surface area contributed by atoms with Crippen molar-refractivity contribution >= 4 is 21.7 Å². The number of benzene rings is 2. The van der Waals surface area contributed by atoms with Crippen LogP contribution in [-0.4, -0.2) is 38.2 Å². The molecule has 0 saturated heterocycles. The average molecular weight is 456 g/mol. The lowest BCUT2D eigenvalue weighted by atomic mass is 9.99. The molecule has 2 aromatic rings. The van der Waals surface area contributed by atoms with Gasteiger partial charge >= 0.3 is 6.03 Å². The van der Waals surface area contributed by atoms with Gasteiger partial charge in [0.1, 0.15) is 0 Å². The topological polar surface area (TPSA) is 78.5 Å². The Hall–Kier alpha value is -2.38. The number of amides is 2. The number of urea groups is 1. The highest BCUT2D eigenvalue weighted by Crippen LogP contribution is 2.38. The third-order valence-electron chi connectivity index (χ3n) is 6.54. The molecule has 32 heavy (non-hydrogen) atoms. The number of carbonyl (C=O) groups excluding carboxylic acids is 1. The molecule has 2 N–H and O–H groups in total.